The van der Waals surface area contributed by atoms with E-state index in [2.05, 4.69) is 10.3 Å². The second kappa shape index (κ2) is 6.11. The molecular weight excluding hydrogens is 289 g/mol. The van der Waals surface area contributed by atoms with Crippen LogP contribution in [0.1, 0.15) is 35.6 Å². The molecule has 0 spiro atoms. The van der Waals surface area contributed by atoms with Gasteiger partial charge in [-0.15, -0.1) is 0 Å². The largest absolute Gasteiger partial charge is 0.480 e. The number of carboxylic acid groups (broad SMARTS) is 1. The van der Waals surface area contributed by atoms with Gasteiger partial charge in [0.1, 0.15) is 11.7 Å². The molecule has 1 amide bonds. The fraction of sp³-hybridized carbons (Fsp3) is 0.462. The molecule has 0 unspecified atom stereocenters. The van der Waals surface area contributed by atoms with E-state index in [1.165, 1.54) is 6.92 Å². The second-order valence-electron chi connectivity index (χ2n) is 4.86. The average molecular weight is 304 g/mol. The molecule has 1 rings (SSSR count). The monoisotopic (exact) mass is 304 g/mol. The van der Waals surface area contributed by atoms with E-state index in [9.17, 15) is 22.8 Å². The number of halogens is 3. The van der Waals surface area contributed by atoms with Crippen LogP contribution in [-0.4, -0.2) is 28.0 Å². The van der Waals surface area contributed by atoms with Crippen LogP contribution >= 0.6 is 0 Å². The lowest BCUT2D eigenvalue weighted by Gasteiger charge is -2.18. The van der Waals surface area contributed by atoms with Crippen LogP contribution in [0.2, 0.25) is 0 Å². The number of hydrogen-bond donors (Lipinski definition) is 2. The molecule has 0 saturated carbocycles. The van der Waals surface area contributed by atoms with E-state index in [0.29, 0.717) is 6.07 Å². The van der Waals surface area contributed by atoms with Gasteiger partial charge in [-0.3, -0.25) is 4.79 Å². The van der Waals surface area contributed by atoms with E-state index in [-0.39, 0.29) is 17.2 Å². The van der Waals surface area contributed by atoms with Crippen molar-refractivity contribution in [1.29, 1.82) is 0 Å². The van der Waals surface area contributed by atoms with Crippen LogP contribution in [0.25, 0.3) is 0 Å². The molecule has 0 saturated heterocycles. The van der Waals surface area contributed by atoms with Crippen molar-refractivity contribution in [2.24, 2.45) is 5.92 Å². The lowest BCUT2D eigenvalue weighted by Crippen LogP contribution is -2.44. The molecule has 0 radical (unpaired) electrons. The quantitative estimate of drug-likeness (QED) is 0.894. The van der Waals surface area contributed by atoms with Gasteiger partial charge < -0.3 is 10.4 Å². The smallest absolute Gasteiger partial charge is 0.433 e. The molecule has 0 bridgehead atoms. The van der Waals surface area contributed by atoms with Gasteiger partial charge in [-0.25, -0.2) is 9.78 Å². The van der Waals surface area contributed by atoms with Crippen LogP contribution in [0.3, 0.4) is 0 Å². The number of aryl methyl sites for hydroxylation is 1. The van der Waals surface area contributed by atoms with E-state index in [1.54, 1.807) is 13.8 Å². The summed E-state index contributed by atoms with van der Waals surface area (Å²) < 4.78 is 37.4. The standard InChI is InChI=1S/C13H15F3N2O3/c1-6(2)10(12(20)21)18-11(19)8-4-5-9(13(14,15)16)17-7(8)3/h4-6,10H,1-3H3,(H,18,19)(H,20,21)/t10-/m1/s1. The Bertz CT molecular complexity index is 556. The maximum Gasteiger partial charge on any atom is 0.433 e. The van der Waals surface area contributed by atoms with Gasteiger partial charge in [0, 0.05) is 0 Å². The molecule has 116 valence electrons. The van der Waals surface area contributed by atoms with Gasteiger partial charge in [0.05, 0.1) is 11.3 Å². The lowest BCUT2D eigenvalue weighted by atomic mass is 10.0. The first-order valence-electron chi connectivity index (χ1n) is 6.12. The summed E-state index contributed by atoms with van der Waals surface area (Å²) in [6, 6.07) is 0.548. The number of carbonyl (C=O) groups is 2. The van der Waals surface area contributed by atoms with E-state index in [0.717, 1.165) is 6.07 Å². The SMILES string of the molecule is Cc1nc(C(F)(F)F)ccc1C(=O)N[C@@H](C(=O)O)C(C)C. The zero-order chi connectivity index (χ0) is 16.4. The maximum atomic E-state index is 12.5. The molecule has 1 heterocycles. The number of pyridine rings is 1. The third-order valence-electron chi connectivity index (χ3n) is 2.84. The molecule has 8 heteroatoms. The molecule has 2 N–H and O–H groups in total. The fourth-order valence-corrected chi connectivity index (χ4v) is 1.69. The Morgan fingerprint density at radius 2 is 1.86 bits per heavy atom. The van der Waals surface area contributed by atoms with Gasteiger partial charge in [-0.05, 0) is 25.0 Å². The zero-order valence-electron chi connectivity index (χ0n) is 11.7. The van der Waals surface area contributed by atoms with E-state index < -0.39 is 29.8 Å². The number of amides is 1. The number of alkyl halides is 3. The second-order valence-corrected chi connectivity index (χ2v) is 4.86. The third-order valence-corrected chi connectivity index (χ3v) is 2.84. The molecule has 1 aromatic rings. The van der Waals surface area contributed by atoms with E-state index in [4.69, 9.17) is 5.11 Å². The van der Waals surface area contributed by atoms with Crippen molar-refractivity contribution in [1.82, 2.24) is 10.3 Å². The van der Waals surface area contributed by atoms with Crippen molar-refractivity contribution < 1.29 is 27.9 Å². The van der Waals surface area contributed by atoms with Crippen LogP contribution in [0.5, 0.6) is 0 Å². The molecule has 1 atom stereocenters. The number of aliphatic carboxylic acids is 1. The fourth-order valence-electron chi connectivity index (χ4n) is 1.69. The van der Waals surface area contributed by atoms with E-state index in [1.807, 2.05) is 0 Å². The normalized spacial score (nSPS) is 13.1. The molecule has 0 aliphatic rings. The zero-order valence-corrected chi connectivity index (χ0v) is 11.7. The number of rotatable bonds is 4. The molecule has 0 aliphatic carbocycles. The number of nitrogens with zero attached hydrogens (tertiary/aromatic N) is 1. The summed E-state index contributed by atoms with van der Waals surface area (Å²) in [7, 11) is 0. The highest BCUT2D eigenvalue weighted by Crippen LogP contribution is 2.28. The van der Waals surface area contributed by atoms with Crippen LogP contribution < -0.4 is 5.32 Å². The topological polar surface area (TPSA) is 79.3 Å². The highest BCUT2D eigenvalue weighted by molar-refractivity contribution is 5.97. The number of aromatic nitrogens is 1. The highest BCUT2D eigenvalue weighted by atomic mass is 19.4. The number of hydrogen-bond acceptors (Lipinski definition) is 3. The molecular formula is C13H15F3N2O3. The first kappa shape index (κ1) is 16.9. The summed E-state index contributed by atoms with van der Waals surface area (Å²) in [5.41, 5.74) is -1.31. The Labute approximate surface area is 119 Å². The minimum atomic E-state index is -4.60. The maximum absolute atomic E-state index is 12.5. The number of nitrogens with one attached hydrogen (secondary N) is 1. The van der Waals surface area contributed by atoms with Gasteiger partial charge in [-0.2, -0.15) is 13.2 Å². The summed E-state index contributed by atoms with van der Waals surface area (Å²) >= 11 is 0. The molecule has 5 nitrogen and oxygen atoms in total. The van der Waals surface area contributed by atoms with Crippen molar-refractivity contribution in [2.75, 3.05) is 0 Å². The summed E-state index contributed by atoms with van der Waals surface area (Å²) in [5.74, 6) is -2.35. The Morgan fingerprint density at radius 3 is 2.24 bits per heavy atom. The van der Waals surface area contributed by atoms with E-state index >= 15 is 0 Å². The van der Waals surface area contributed by atoms with Gasteiger partial charge >= 0.3 is 12.1 Å². The van der Waals surface area contributed by atoms with Crippen molar-refractivity contribution in [3.05, 3.63) is 29.1 Å². The van der Waals surface area contributed by atoms with Gasteiger partial charge in [0.2, 0.25) is 0 Å². The number of carbonyl (C=O) groups excluding carboxylic acids is 1. The molecule has 0 aliphatic heterocycles. The Kier molecular flexibility index (Phi) is 4.93. The van der Waals surface area contributed by atoms with Crippen molar-refractivity contribution >= 4 is 11.9 Å². The Morgan fingerprint density at radius 1 is 1.29 bits per heavy atom. The van der Waals surface area contributed by atoms with Crippen LogP contribution in [-0.2, 0) is 11.0 Å². The third kappa shape index (κ3) is 4.17. The number of carboxylic acids is 1. The van der Waals surface area contributed by atoms with Crippen molar-refractivity contribution in [3.63, 3.8) is 0 Å². The minimum Gasteiger partial charge on any atom is -0.480 e. The summed E-state index contributed by atoms with van der Waals surface area (Å²) in [6.07, 6.45) is -4.60. The predicted octanol–water partition coefficient (Wildman–Crippen LogP) is 2.25. The van der Waals surface area contributed by atoms with Crippen LogP contribution in [0, 0.1) is 12.8 Å². The highest BCUT2D eigenvalue weighted by Gasteiger charge is 2.33. The van der Waals surface area contributed by atoms with Crippen LogP contribution in [0.15, 0.2) is 12.1 Å². The molecule has 21 heavy (non-hydrogen) atoms. The summed E-state index contributed by atoms with van der Waals surface area (Å²) in [4.78, 5) is 26.3. The van der Waals surface area contributed by atoms with Crippen LogP contribution in [0.4, 0.5) is 13.2 Å². The Balaban J connectivity index is 3.01. The van der Waals surface area contributed by atoms with Gasteiger partial charge in [0.15, 0.2) is 0 Å². The van der Waals surface area contributed by atoms with Gasteiger partial charge in [-0.1, -0.05) is 13.8 Å². The molecule has 0 aromatic carbocycles. The molecule has 1 aromatic heterocycles. The molecule has 0 fully saturated rings. The average Bonchev–Trinajstić information content (AvgIpc) is 2.33. The summed E-state index contributed by atoms with van der Waals surface area (Å²) in [5, 5.41) is 11.3. The first-order valence-corrected chi connectivity index (χ1v) is 6.12. The minimum absolute atomic E-state index is 0.0881. The van der Waals surface area contributed by atoms with Crippen molar-refractivity contribution in [2.45, 2.75) is 33.0 Å². The first-order chi connectivity index (χ1) is 9.54. The Hall–Kier alpha value is -2.12. The van der Waals surface area contributed by atoms with Gasteiger partial charge in [0.25, 0.3) is 5.91 Å². The lowest BCUT2D eigenvalue weighted by molar-refractivity contribution is -0.141. The summed E-state index contributed by atoms with van der Waals surface area (Å²) in [6.45, 7) is 4.48. The van der Waals surface area contributed by atoms with Crippen molar-refractivity contribution in [3.8, 4) is 0 Å². The predicted molar refractivity (Wildman–Crippen MR) is 67.7 cm³/mol.